The molecular formula is C14H16N2O2. The fourth-order valence-electron chi connectivity index (χ4n) is 1.82. The summed E-state index contributed by atoms with van der Waals surface area (Å²) in [6, 6.07) is 8.34. The molecule has 0 saturated heterocycles. The number of hydrogen-bond acceptors (Lipinski definition) is 4. The second-order valence-corrected chi connectivity index (χ2v) is 4.29. The van der Waals surface area contributed by atoms with Crippen molar-refractivity contribution in [2.24, 2.45) is 0 Å². The number of pyridine rings is 1. The molecule has 0 bridgehead atoms. The molecule has 0 amide bonds. The van der Waals surface area contributed by atoms with E-state index in [0.717, 1.165) is 16.9 Å². The van der Waals surface area contributed by atoms with Crippen molar-refractivity contribution in [1.82, 2.24) is 4.98 Å². The van der Waals surface area contributed by atoms with Gasteiger partial charge in [0, 0.05) is 18.3 Å². The highest BCUT2D eigenvalue weighted by atomic mass is 16.3. The minimum absolute atomic E-state index is 0.0362. The zero-order valence-electron chi connectivity index (χ0n) is 10.4. The molecule has 0 saturated carbocycles. The number of hydrogen-bond donors (Lipinski definition) is 3. The quantitative estimate of drug-likeness (QED) is 0.776. The molecule has 4 heteroatoms. The Morgan fingerprint density at radius 1 is 1.17 bits per heavy atom. The first kappa shape index (κ1) is 12.2. The van der Waals surface area contributed by atoms with Crippen LogP contribution in [0.15, 0.2) is 36.5 Å². The Morgan fingerprint density at radius 2 is 1.83 bits per heavy atom. The van der Waals surface area contributed by atoms with Gasteiger partial charge in [-0.1, -0.05) is 0 Å². The number of nitrogens with one attached hydrogen (secondary N) is 1. The van der Waals surface area contributed by atoms with E-state index < -0.39 is 0 Å². The van der Waals surface area contributed by atoms with Crippen LogP contribution >= 0.6 is 0 Å². The zero-order valence-corrected chi connectivity index (χ0v) is 10.4. The number of aryl methyl sites for hydroxylation is 1. The average molecular weight is 244 g/mol. The number of nitrogens with zero attached hydrogens (tertiary/aromatic N) is 1. The van der Waals surface area contributed by atoms with Crippen molar-refractivity contribution in [1.29, 1.82) is 0 Å². The summed E-state index contributed by atoms with van der Waals surface area (Å²) in [5.41, 5.74) is 2.66. The summed E-state index contributed by atoms with van der Waals surface area (Å²) in [6.45, 7) is 3.88. The Morgan fingerprint density at radius 3 is 2.44 bits per heavy atom. The molecule has 18 heavy (non-hydrogen) atoms. The molecule has 2 aromatic rings. The van der Waals surface area contributed by atoms with E-state index in [4.69, 9.17) is 0 Å². The lowest BCUT2D eigenvalue weighted by atomic mass is 10.1. The van der Waals surface area contributed by atoms with Gasteiger partial charge in [-0.3, -0.25) is 4.98 Å². The van der Waals surface area contributed by atoms with E-state index in [-0.39, 0.29) is 17.5 Å². The molecule has 0 aliphatic heterocycles. The maximum absolute atomic E-state index is 9.46. The van der Waals surface area contributed by atoms with Gasteiger partial charge in [0.25, 0.3) is 0 Å². The first-order valence-electron chi connectivity index (χ1n) is 5.77. The van der Waals surface area contributed by atoms with E-state index in [9.17, 15) is 10.2 Å². The minimum atomic E-state index is -0.0362. The fraction of sp³-hybridized carbons (Fsp3) is 0.214. The standard InChI is InChI=1S/C14H16N2O2/c1-9(11-6-12(17)8-13(18)7-11)16-14-4-3-5-15-10(14)2/h3-9,16-18H,1-2H3. The second-order valence-electron chi connectivity index (χ2n) is 4.29. The summed E-state index contributed by atoms with van der Waals surface area (Å²) in [5, 5.41) is 22.2. The van der Waals surface area contributed by atoms with Crippen molar-refractivity contribution in [2.45, 2.75) is 19.9 Å². The van der Waals surface area contributed by atoms with Crippen molar-refractivity contribution in [3.05, 3.63) is 47.8 Å². The molecule has 94 valence electrons. The molecule has 0 aliphatic carbocycles. The van der Waals surface area contributed by atoms with Gasteiger partial charge in [0.05, 0.1) is 11.4 Å². The van der Waals surface area contributed by atoms with Gasteiger partial charge >= 0.3 is 0 Å². The SMILES string of the molecule is Cc1ncccc1NC(C)c1cc(O)cc(O)c1. The lowest BCUT2D eigenvalue weighted by Crippen LogP contribution is -2.08. The van der Waals surface area contributed by atoms with Gasteiger partial charge in [0.15, 0.2) is 0 Å². The Bertz CT molecular complexity index is 535. The van der Waals surface area contributed by atoms with Crippen molar-refractivity contribution in [3.8, 4) is 11.5 Å². The number of phenolic OH excluding ortho intramolecular Hbond substituents is 2. The monoisotopic (exact) mass is 244 g/mol. The normalized spacial score (nSPS) is 12.1. The van der Waals surface area contributed by atoms with Crippen LogP contribution in [0.1, 0.15) is 24.2 Å². The van der Waals surface area contributed by atoms with E-state index in [0.29, 0.717) is 0 Å². The van der Waals surface area contributed by atoms with Crippen molar-refractivity contribution >= 4 is 5.69 Å². The van der Waals surface area contributed by atoms with Crippen molar-refractivity contribution in [2.75, 3.05) is 5.32 Å². The van der Waals surface area contributed by atoms with Gasteiger partial charge in [-0.15, -0.1) is 0 Å². The highest BCUT2D eigenvalue weighted by molar-refractivity contribution is 5.49. The maximum atomic E-state index is 9.46. The van der Waals surface area contributed by atoms with Crippen LogP contribution in [0.3, 0.4) is 0 Å². The van der Waals surface area contributed by atoms with Crippen LogP contribution in [0.4, 0.5) is 5.69 Å². The summed E-state index contributed by atoms with van der Waals surface area (Å²) >= 11 is 0. The van der Waals surface area contributed by atoms with Gasteiger partial charge in [-0.2, -0.15) is 0 Å². The van der Waals surface area contributed by atoms with Crippen LogP contribution in [0.5, 0.6) is 11.5 Å². The Kier molecular flexibility index (Phi) is 3.37. The van der Waals surface area contributed by atoms with Gasteiger partial charge in [-0.05, 0) is 43.7 Å². The van der Waals surface area contributed by atoms with Gasteiger partial charge < -0.3 is 15.5 Å². The van der Waals surface area contributed by atoms with Crippen LogP contribution in [0, 0.1) is 6.92 Å². The average Bonchev–Trinajstić information content (AvgIpc) is 2.31. The topological polar surface area (TPSA) is 65.4 Å². The van der Waals surface area contributed by atoms with E-state index >= 15 is 0 Å². The van der Waals surface area contributed by atoms with E-state index in [1.54, 1.807) is 18.3 Å². The third kappa shape index (κ3) is 2.71. The van der Waals surface area contributed by atoms with Gasteiger partial charge in [0.1, 0.15) is 11.5 Å². The van der Waals surface area contributed by atoms with Crippen LogP contribution in [-0.4, -0.2) is 15.2 Å². The largest absolute Gasteiger partial charge is 0.508 e. The molecule has 0 radical (unpaired) electrons. The lowest BCUT2D eigenvalue weighted by Gasteiger charge is -2.17. The van der Waals surface area contributed by atoms with E-state index in [2.05, 4.69) is 10.3 Å². The molecule has 4 nitrogen and oxygen atoms in total. The number of benzene rings is 1. The molecule has 1 aromatic carbocycles. The lowest BCUT2D eigenvalue weighted by molar-refractivity contribution is 0.448. The Labute approximate surface area is 106 Å². The first-order valence-corrected chi connectivity index (χ1v) is 5.77. The maximum Gasteiger partial charge on any atom is 0.119 e. The first-order chi connectivity index (χ1) is 8.56. The van der Waals surface area contributed by atoms with Crippen LogP contribution in [-0.2, 0) is 0 Å². The molecule has 1 heterocycles. The highest BCUT2D eigenvalue weighted by Crippen LogP contribution is 2.27. The summed E-state index contributed by atoms with van der Waals surface area (Å²) in [5.74, 6) is 0.114. The minimum Gasteiger partial charge on any atom is -0.508 e. The van der Waals surface area contributed by atoms with E-state index in [1.807, 2.05) is 26.0 Å². The third-order valence-electron chi connectivity index (χ3n) is 2.80. The van der Waals surface area contributed by atoms with Gasteiger partial charge in [0.2, 0.25) is 0 Å². The Hall–Kier alpha value is -2.23. The van der Waals surface area contributed by atoms with E-state index in [1.165, 1.54) is 6.07 Å². The second kappa shape index (κ2) is 4.96. The Balaban J connectivity index is 2.22. The number of anilines is 1. The molecule has 2 rings (SSSR count). The number of aromatic nitrogens is 1. The predicted octanol–water partition coefficient (Wildman–Crippen LogP) is 2.97. The number of phenols is 2. The third-order valence-corrected chi connectivity index (χ3v) is 2.80. The van der Waals surface area contributed by atoms with Gasteiger partial charge in [-0.25, -0.2) is 0 Å². The molecular weight excluding hydrogens is 228 g/mol. The van der Waals surface area contributed by atoms with Crippen LogP contribution in [0.2, 0.25) is 0 Å². The summed E-state index contributed by atoms with van der Waals surface area (Å²) in [7, 11) is 0. The zero-order chi connectivity index (χ0) is 13.1. The summed E-state index contributed by atoms with van der Waals surface area (Å²) < 4.78 is 0. The molecule has 0 aliphatic rings. The fourth-order valence-corrected chi connectivity index (χ4v) is 1.82. The smallest absolute Gasteiger partial charge is 0.119 e. The molecule has 1 unspecified atom stereocenters. The predicted molar refractivity (Wildman–Crippen MR) is 70.8 cm³/mol. The van der Waals surface area contributed by atoms with Crippen molar-refractivity contribution < 1.29 is 10.2 Å². The highest BCUT2D eigenvalue weighted by Gasteiger charge is 2.09. The molecule has 1 aromatic heterocycles. The summed E-state index contributed by atoms with van der Waals surface area (Å²) in [4.78, 5) is 4.20. The summed E-state index contributed by atoms with van der Waals surface area (Å²) in [6.07, 6.45) is 1.74. The molecule has 0 spiro atoms. The molecule has 0 fully saturated rings. The van der Waals surface area contributed by atoms with Crippen LogP contribution < -0.4 is 5.32 Å². The number of rotatable bonds is 3. The molecule has 1 atom stereocenters. The van der Waals surface area contributed by atoms with Crippen molar-refractivity contribution in [3.63, 3.8) is 0 Å². The molecule has 3 N–H and O–H groups in total. The van der Waals surface area contributed by atoms with Crippen LogP contribution in [0.25, 0.3) is 0 Å². The number of aromatic hydroxyl groups is 2.